The van der Waals surface area contributed by atoms with Crippen molar-refractivity contribution in [2.45, 2.75) is 19.8 Å². The van der Waals surface area contributed by atoms with Crippen LogP contribution < -0.4 is 0 Å². The maximum atomic E-state index is 12.5. The van der Waals surface area contributed by atoms with Gasteiger partial charge in [0.15, 0.2) is 0 Å². The summed E-state index contributed by atoms with van der Waals surface area (Å²) < 4.78 is 10.9. The number of hydrogen-bond acceptors (Lipinski definition) is 4. The molecule has 0 fully saturated rings. The van der Waals surface area contributed by atoms with Gasteiger partial charge in [0, 0.05) is 36.8 Å². The number of halogens is 1. The first-order chi connectivity index (χ1) is 10.6. The fourth-order valence-corrected chi connectivity index (χ4v) is 2.21. The summed E-state index contributed by atoms with van der Waals surface area (Å²) in [7, 11) is 1.62. The second kappa shape index (κ2) is 10.3. The minimum atomic E-state index is -0.289. The molecular weight excluding hydrogens is 350 g/mol. The van der Waals surface area contributed by atoms with Gasteiger partial charge in [-0.15, -0.1) is 0 Å². The third kappa shape index (κ3) is 6.58. The zero-order valence-corrected chi connectivity index (χ0v) is 14.6. The summed E-state index contributed by atoms with van der Waals surface area (Å²) in [5, 5.41) is 0. The molecule has 22 heavy (non-hydrogen) atoms. The number of rotatable bonds is 9. The lowest BCUT2D eigenvalue weighted by Gasteiger charge is -2.22. The number of carbonyl (C=O) groups excluding carboxylic acids is 2. The molecule has 0 aliphatic rings. The number of esters is 1. The highest BCUT2D eigenvalue weighted by atomic mass is 79.9. The Morgan fingerprint density at radius 2 is 1.86 bits per heavy atom. The fourth-order valence-electron chi connectivity index (χ4n) is 1.95. The molecule has 122 valence electrons. The molecule has 0 saturated carbocycles. The number of amides is 1. The number of ether oxygens (including phenoxy) is 2. The number of hydrogen-bond donors (Lipinski definition) is 0. The van der Waals surface area contributed by atoms with Crippen LogP contribution in [-0.4, -0.2) is 50.2 Å². The molecule has 0 unspecified atom stereocenters. The molecule has 0 aromatic heterocycles. The van der Waals surface area contributed by atoms with E-state index in [9.17, 15) is 9.59 Å². The van der Waals surface area contributed by atoms with Crippen molar-refractivity contribution in [2.24, 2.45) is 0 Å². The Labute approximate surface area is 139 Å². The van der Waals surface area contributed by atoms with E-state index in [1.54, 1.807) is 31.1 Å². The van der Waals surface area contributed by atoms with Crippen molar-refractivity contribution < 1.29 is 19.1 Å². The first-order valence-corrected chi connectivity index (χ1v) is 8.07. The number of methoxy groups -OCH3 is 1. The molecule has 0 N–H and O–H groups in total. The van der Waals surface area contributed by atoms with Crippen LogP contribution in [0.5, 0.6) is 0 Å². The standard InChI is InChI=1S/C16H22BrNO4/c1-3-22-15(19)9-11-18(10-4-12-21-2)16(20)13-5-7-14(17)8-6-13/h5-8H,3-4,9-12H2,1-2H3. The van der Waals surface area contributed by atoms with Crippen LogP contribution in [-0.2, 0) is 14.3 Å². The van der Waals surface area contributed by atoms with Gasteiger partial charge in [0.1, 0.15) is 0 Å². The monoisotopic (exact) mass is 371 g/mol. The van der Waals surface area contributed by atoms with E-state index in [1.807, 2.05) is 12.1 Å². The van der Waals surface area contributed by atoms with Gasteiger partial charge in [-0.2, -0.15) is 0 Å². The van der Waals surface area contributed by atoms with Crippen molar-refractivity contribution in [3.8, 4) is 0 Å². The Hall–Kier alpha value is -1.40. The molecule has 5 nitrogen and oxygen atoms in total. The number of nitrogens with zero attached hydrogens (tertiary/aromatic N) is 1. The summed E-state index contributed by atoms with van der Waals surface area (Å²) >= 11 is 3.35. The van der Waals surface area contributed by atoms with Crippen molar-refractivity contribution in [3.05, 3.63) is 34.3 Å². The Balaban J connectivity index is 2.68. The third-order valence-electron chi connectivity index (χ3n) is 3.05. The maximum absolute atomic E-state index is 12.5. The van der Waals surface area contributed by atoms with Crippen LogP contribution >= 0.6 is 15.9 Å². The molecule has 0 saturated heterocycles. The summed E-state index contributed by atoms with van der Waals surface area (Å²) in [5.41, 5.74) is 0.601. The summed E-state index contributed by atoms with van der Waals surface area (Å²) in [6.45, 7) is 3.58. The lowest BCUT2D eigenvalue weighted by atomic mass is 10.2. The Morgan fingerprint density at radius 3 is 2.45 bits per heavy atom. The molecule has 1 amide bonds. The summed E-state index contributed by atoms with van der Waals surface area (Å²) in [6, 6.07) is 7.18. The lowest BCUT2D eigenvalue weighted by molar-refractivity contribution is -0.143. The van der Waals surface area contributed by atoms with Gasteiger partial charge in [-0.05, 0) is 37.6 Å². The van der Waals surface area contributed by atoms with Crippen molar-refractivity contribution in [3.63, 3.8) is 0 Å². The highest BCUT2D eigenvalue weighted by Crippen LogP contribution is 2.13. The molecule has 0 atom stereocenters. The van der Waals surface area contributed by atoms with E-state index in [0.29, 0.717) is 31.9 Å². The predicted molar refractivity (Wildman–Crippen MR) is 87.8 cm³/mol. The molecule has 0 aliphatic heterocycles. The van der Waals surface area contributed by atoms with Gasteiger partial charge in [0.25, 0.3) is 5.91 Å². The summed E-state index contributed by atoms with van der Waals surface area (Å²) in [6.07, 6.45) is 0.921. The molecule has 1 aromatic rings. The quantitative estimate of drug-likeness (QED) is 0.494. The summed E-state index contributed by atoms with van der Waals surface area (Å²) in [4.78, 5) is 25.7. The van der Waals surface area contributed by atoms with Crippen LogP contribution in [0.15, 0.2) is 28.7 Å². The van der Waals surface area contributed by atoms with Gasteiger partial charge in [-0.25, -0.2) is 0 Å². The third-order valence-corrected chi connectivity index (χ3v) is 3.57. The average Bonchev–Trinajstić information content (AvgIpc) is 2.51. The van der Waals surface area contributed by atoms with Gasteiger partial charge >= 0.3 is 5.97 Å². The Bertz CT molecular complexity index is 476. The average molecular weight is 372 g/mol. The zero-order valence-electron chi connectivity index (χ0n) is 13.0. The minimum Gasteiger partial charge on any atom is -0.466 e. The van der Waals surface area contributed by atoms with Crippen molar-refractivity contribution >= 4 is 27.8 Å². The highest BCUT2D eigenvalue weighted by Gasteiger charge is 2.17. The van der Waals surface area contributed by atoms with Crippen LogP contribution in [0.4, 0.5) is 0 Å². The van der Waals surface area contributed by atoms with Gasteiger partial charge in [-0.1, -0.05) is 15.9 Å². The van der Waals surface area contributed by atoms with Gasteiger partial charge in [-0.3, -0.25) is 9.59 Å². The van der Waals surface area contributed by atoms with Crippen LogP contribution in [0.3, 0.4) is 0 Å². The molecular formula is C16H22BrNO4. The van der Waals surface area contributed by atoms with E-state index in [1.165, 1.54) is 0 Å². The SMILES string of the molecule is CCOC(=O)CCN(CCCOC)C(=O)c1ccc(Br)cc1. The van der Waals surface area contributed by atoms with Crippen LogP contribution in [0.1, 0.15) is 30.1 Å². The Morgan fingerprint density at radius 1 is 1.18 bits per heavy atom. The smallest absolute Gasteiger partial charge is 0.307 e. The van der Waals surface area contributed by atoms with E-state index in [2.05, 4.69) is 15.9 Å². The molecule has 0 spiro atoms. The fraction of sp³-hybridized carbons (Fsp3) is 0.500. The van der Waals surface area contributed by atoms with Crippen molar-refractivity contribution in [2.75, 3.05) is 33.4 Å². The second-order valence-electron chi connectivity index (χ2n) is 4.70. The molecule has 0 radical (unpaired) electrons. The first kappa shape index (κ1) is 18.6. The molecule has 0 bridgehead atoms. The van der Waals surface area contributed by atoms with Crippen LogP contribution in [0.2, 0.25) is 0 Å². The highest BCUT2D eigenvalue weighted by molar-refractivity contribution is 9.10. The van der Waals surface area contributed by atoms with E-state index >= 15 is 0 Å². The first-order valence-electron chi connectivity index (χ1n) is 7.28. The van der Waals surface area contributed by atoms with Crippen LogP contribution in [0.25, 0.3) is 0 Å². The minimum absolute atomic E-state index is 0.0899. The van der Waals surface area contributed by atoms with E-state index in [0.717, 1.165) is 10.9 Å². The van der Waals surface area contributed by atoms with E-state index in [4.69, 9.17) is 9.47 Å². The van der Waals surface area contributed by atoms with Crippen molar-refractivity contribution in [1.82, 2.24) is 4.90 Å². The molecule has 6 heteroatoms. The normalized spacial score (nSPS) is 10.3. The summed E-state index contributed by atoms with van der Waals surface area (Å²) in [5.74, 6) is -0.379. The van der Waals surface area contributed by atoms with Gasteiger partial charge < -0.3 is 14.4 Å². The second-order valence-corrected chi connectivity index (χ2v) is 5.62. The topological polar surface area (TPSA) is 55.8 Å². The number of carbonyl (C=O) groups is 2. The van der Waals surface area contributed by atoms with Crippen LogP contribution in [0, 0.1) is 0 Å². The molecule has 0 heterocycles. The number of benzene rings is 1. The van der Waals surface area contributed by atoms with Crippen molar-refractivity contribution in [1.29, 1.82) is 0 Å². The predicted octanol–water partition coefficient (Wildman–Crippen LogP) is 2.88. The van der Waals surface area contributed by atoms with Gasteiger partial charge in [0.2, 0.25) is 0 Å². The molecule has 0 aliphatic carbocycles. The zero-order chi connectivity index (χ0) is 16.4. The van der Waals surface area contributed by atoms with E-state index < -0.39 is 0 Å². The van der Waals surface area contributed by atoms with E-state index in [-0.39, 0.29) is 18.3 Å². The van der Waals surface area contributed by atoms with Gasteiger partial charge in [0.05, 0.1) is 13.0 Å². The largest absolute Gasteiger partial charge is 0.466 e. The maximum Gasteiger partial charge on any atom is 0.307 e. The molecule has 1 aromatic carbocycles. The Kier molecular flexibility index (Phi) is 8.77. The molecule has 1 rings (SSSR count). The lowest BCUT2D eigenvalue weighted by Crippen LogP contribution is -2.34.